The summed E-state index contributed by atoms with van der Waals surface area (Å²) in [6, 6.07) is 8.64. The molecule has 0 aliphatic heterocycles. The van der Waals surface area contributed by atoms with Gasteiger partial charge in [-0.1, -0.05) is 38.4 Å². The standard InChI is InChI=1S/C24H29ClN2O4Si/c1-14(23(29)30)20-17-8-7-16(25)12-18(17)27-21(20)22(28)19-11-15(9-10-26-19)13-31-32(5,6)24(2,3)4/h7-12,14,27H,13H2,1-6H3,(H,29,30). The van der Waals surface area contributed by atoms with Gasteiger partial charge in [0.1, 0.15) is 5.69 Å². The molecule has 32 heavy (non-hydrogen) atoms. The minimum Gasteiger partial charge on any atom is -0.481 e. The molecule has 0 radical (unpaired) electrons. The molecule has 2 heterocycles. The molecular formula is C24H29ClN2O4Si. The van der Waals surface area contributed by atoms with Gasteiger partial charge in [-0.15, -0.1) is 0 Å². The molecule has 0 fully saturated rings. The molecule has 2 aromatic heterocycles. The molecule has 0 amide bonds. The minimum absolute atomic E-state index is 0.0756. The molecule has 1 atom stereocenters. The summed E-state index contributed by atoms with van der Waals surface area (Å²) in [4.78, 5) is 32.5. The van der Waals surface area contributed by atoms with Gasteiger partial charge in [0.25, 0.3) is 0 Å². The molecule has 0 saturated carbocycles. The molecule has 3 aromatic rings. The van der Waals surface area contributed by atoms with E-state index < -0.39 is 20.2 Å². The van der Waals surface area contributed by atoms with Crippen LogP contribution >= 0.6 is 11.6 Å². The second kappa shape index (κ2) is 8.81. The molecule has 170 valence electrons. The van der Waals surface area contributed by atoms with Crippen molar-refractivity contribution < 1.29 is 19.1 Å². The summed E-state index contributed by atoms with van der Waals surface area (Å²) >= 11 is 6.10. The van der Waals surface area contributed by atoms with Crippen LogP contribution in [0.5, 0.6) is 0 Å². The van der Waals surface area contributed by atoms with E-state index in [2.05, 4.69) is 43.8 Å². The van der Waals surface area contributed by atoms with Crippen molar-refractivity contribution in [2.45, 2.75) is 58.4 Å². The number of halogens is 1. The lowest BCUT2D eigenvalue weighted by Gasteiger charge is -2.36. The minimum atomic E-state index is -1.95. The van der Waals surface area contributed by atoms with E-state index in [-0.39, 0.29) is 22.2 Å². The summed E-state index contributed by atoms with van der Waals surface area (Å²) in [6.45, 7) is 12.8. The molecule has 1 unspecified atom stereocenters. The number of nitrogens with one attached hydrogen (secondary N) is 1. The Morgan fingerprint density at radius 3 is 2.53 bits per heavy atom. The number of ketones is 1. The Bertz CT molecular complexity index is 1180. The molecule has 8 heteroatoms. The van der Waals surface area contributed by atoms with E-state index in [0.717, 1.165) is 5.56 Å². The van der Waals surface area contributed by atoms with Crippen LogP contribution in [0.4, 0.5) is 0 Å². The fraction of sp³-hybridized carbons (Fsp3) is 0.375. The number of aliphatic carboxylic acids is 1. The lowest BCUT2D eigenvalue weighted by Crippen LogP contribution is -2.40. The Balaban J connectivity index is 1.98. The van der Waals surface area contributed by atoms with Crippen molar-refractivity contribution in [2.24, 2.45) is 0 Å². The first kappa shape index (κ1) is 24.2. The molecule has 0 bridgehead atoms. The van der Waals surface area contributed by atoms with Gasteiger partial charge in [-0.25, -0.2) is 0 Å². The fourth-order valence-corrected chi connectivity index (χ4v) is 4.37. The zero-order chi connectivity index (χ0) is 23.8. The Morgan fingerprint density at radius 2 is 1.91 bits per heavy atom. The van der Waals surface area contributed by atoms with Gasteiger partial charge in [-0.05, 0) is 54.9 Å². The first-order valence-corrected chi connectivity index (χ1v) is 13.8. The number of carboxylic acid groups (broad SMARTS) is 1. The molecule has 0 spiro atoms. The lowest BCUT2D eigenvalue weighted by atomic mass is 9.95. The number of hydrogen-bond donors (Lipinski definition) is 2. The third kappa shape index (κ3) is 4.80. The van der Waals surface area contributed by atoms with Crippen LogP contribution in [0.2, 0.25) is 23.2 Å². The molecule has 0 aliphatic rings. The van der Waals surface area contributed by atoms with Crippen LogP contribution in [-0.4, -0.2) is 35.1 Å². The summed E-state index contributed by atoms with van der Waals surface area (Å²) < 4.78 is 6.27. The van der Waals surface area contributed by atoms with Crippen molar-refractivity contribution in [2.75, 3.05) is 0 Å². The molecule has 2 N–H and O–H groups in total. The smallest absolute Gasteiger partial charge is 0.310 e. The average molecular weight is 473 g/mol. The highest BCUT2D eigenvalue weighted by Crippen LogP contribution is 2.37. The average Bonchev–Trinajstić information content (AvgIpc) is 3.08. The van der Waals surface area contributed by atoms with E-state index in [1.807, 2.05) is 6.07 Å². The number of rotatable bonds is 7. The third-order valence-corrected chi connectivity index (χ3v) is 11.0. The van der Waals surface area contributed by atoms with Gasteiger partial charge >= 0.3 is 5.97 Å². The summed E-state index contributed by atoms with van der Waals surface area (Å²) in [6.07, 6.45) is 1.58. The van der Waals surface area contributed by atoms with Gasteiger partial charge in [-0.3, -0.25) is 14.6 Å². The molecule has 3 rings (SSSR count). The third-order valence-electron chi connectivity index (χ3n) is 6.29. The van der Waals surface area contributed by atoms with Gasteiger partial charge in [0.2, 0.25) is 5.78 Å². The SMILES string of the molecule is CC(C(=O)O)c1c(C(=O)c2cc(CO[Si](C)(C)C(C)(C)C)ccn2)[nH]c2cc(Cl)ccc12. The van der Waals surface area contributed by atoms with E-state index in [4.69, 9.17) is 16.0 Å². The van der Waals surface area contributed by atoms with E-state index in [1.54, 1.807) is 37.4 Å². The predicted octanol–water partition coefficient (Wildman–Crippen LogP) is 6.16. The highest BCUT2D eigenvalue weighted by atomic mass is 35.5. The first-order chi connectivity index (χ1) is 14.8. The van der Waals surface area contributed by atoms with Crippen LogP contribution in [0, 0.1) is 0 Å². The quantitative estimate of drug-likeness (QED) is 0.317. The van der Waals surface area contributed by atoms with Gasteiger partial charge < -0.3 is 14.5 Å². The zero-order valence-corrected chi connectivity index (χ0v) is 21.0. The normalized spacial score (nSPS) is 13.3. The number of aromatic amines is 1. The Labute approximate surface area is 194 Å². The Hall–Kier alpha value is -2.48. The number of aromatic nitrogens is 2. The number of nitrogens with zero attached hydrogens (tertiary/aromatic N) is 1. The second-order valence-corrected chi connectivity index (χ2v) is 14.8. The van der Waals surface area contributed by atoms with E-state index in [1.165, 1.54) is 0 Å². The monoisotopic (exact) mass is 472 g/mol. The Morgan fingerprint density at radius 1 is 1.22 bits per heavy atom. The number of hydrogen-bond acceptors (Lipinski definition) is 4. The van der Waals surface area contributed by atoms with Gasteiger partial charge in [0.05, 0.1) is 18.2 Å². The number of carbonyl (C=O) groups is 2. The number of pyridine rings is 1. The van der Waals surface area contributed by atoms with Crippen molar-refractivity contribution in [3.63, 3.8) is 0 Å². The van der Waals surface area contributed by atoms with Crippen LogP contribution in [0.1, 0.15) is 60.9 Å². The summed E-state index contributed by atoms with van der Waals surface area (Å²) in [7, 11) is -1.95. The van der Waals surface area contributed by atoms with Crippen LogP contribution in [0.25, 0.3) is 10.9 Å². The van der Waals surface area contributed by atoms with Crippen molar-refractivity contribution >= 4 is 42.6 Å². The van der Waals surface area contributed by atoms with E-state index >= 15 is 0 Å². The van der Waals surface area contributed by atoms with E-state index in [0.29, 0.717) is 28.1 Å². The maximum absolute atomic E-state index is 13.4. The largest absolute Gasteiger partial charge is 0.481 e. The lowest BCUT2D eigenvalue weighted by molar-refractivity contribution is -0.138. The number of carbonyl (C=O) groups excluding carboxylic acids is 1. The zero-order valence-electron chi connectivity index (χ0n) is 19.2. The van der Waals surface area contributed by atoms with Crippen molar-refractivity contribution in [3.05, 3.63) is 64.1 Å². The van der Waals surface area contributed by atoms with Gasteiger partial charge in [-0.2, -0.15) is 0 Å². The van der Waals surface area contributed by atoms with Crippen LogP contribution < -0.4 is 0 Å². The highest BCUT2D eigenvalue weighted by Gasteiger charge is 2.37. The number of fused-ring (bicyclic) bond motifs is 1. The number of benzene rings is 1. The topological polar surface area (TPSA) is 92.3 Å². The van der Waals surface area contributed by atoms with Crippen LogP contribution in [0.3, 0.4) is 0 Å². The molecule has 1 aromatic carbocycles. The maximum atomic E-state index is 13.4. The van der Waals surface area contributed by atoms with Gasteiger partial charge in [0.15, 0.2) is 8.32 Å². The van der Waals surface area contributed by atoms with Crippen molar-refractivity contribution in [1.82, 2.24) is 9.97 Å². The van der Waals surface area contributed by atoms with Crippen LogP contribution in [0.15, 0.2) is 36.5 Å². The molecule has 0 saturated heterocycles. The Kier molecular flexibility index (Phi) is 6.65. The summed E-state index contributed by atoms with van der Waals surface area (Å²) in [5.41, 5.74) is 2.34. The van der Waals surface area contributed by atoms with Crippen LogP contribution in [-0.2, 0) is 15.8 Å². The number of H-pyrrole nitrogens is 1. The molecular weight excluding hydrogens is 444 g/mol. The van der Waals surface area contributed by atoms with Crippen molar-refractivity contribution in [1.29, 1.82) is 0 Å². The molecule has 6 nitrogen and oxygen atoms in total. The second-order valence-electron chi connectivity index (χ2n) is 9.59. The molecule has 0 aliphatic carbocycles. The first-order valence-electron chi connectivity index (χ1n) is 10.5. The maximum Gasteiger partial charge on any atom is 0.310 e. The summed E-state index contributed by atoms with van der Waals surface area (Å²) in [5, 5.41) is 10.8. The van der Waals surface area contributed by atoms with Crippen molar-refractivity contribution in [3.8, 4) is 0 Å². The number of carboxylic acids is 1. The predicted molar refractivity (Wildman–Crippen MR) is 129 cm³/mol. The van der Waals surface area contributed by atoms with Gasteiger partial charge in [0, 0.05) is 27.7 Å². The fourth-order valence-electron chi connectivity index (χ4n) is 3.24. The highest BCUT2D eigenvalue weighted by molar-refractivity contribution is 6.74. The summed E-state index contributed by atoms with van der Waals surface area (Å²) in [5.74, 6) is -2.26. The van der Waals surface area contributed by atoms with E-state index in [9.17, 15) is 14.7 Å².